The molecule has 0 bridgehead atoms. The Hall–Kier alpha value is -2.93. The van der Waals surface area contributed by atoms with Crippen LogP contribution in [-0.4, -0.2) is 63.8 Å². The molecule has 1 fully saturated rings. The van der Waals surface area contributed by atoms with Gasteiger partial charge in [0.05, 0.1) is 19.8 Å². The summed E-state index contributed by atoms with van der Waals surface area (Å²) in [4.78, 5) is 28.8. The van der Waals surface area contributed by atoms with Gasteiger partial charge in [0.1, 0.15) is 11.5 Å². The summed E-state index contributed by atoms with van der Waals surface area (Å²) in [6.45, 7) is 4.00. The normalized spacial score (nSPS) is 13.7. The van der Waals surface area contributed by atoms with E-state index in [4.69, 9.17) is 25.8 Å². The molecule has 0 saturated carbocycles. The lowest BCUT2D eigenvalue weighted by Crippen LogP contribution is -2.49. The fraction of sp³-hybridized carbons (Fsp3) is 0.364. The zero-order valence-electron chi connectivity index (χ0n) is 17.3. The molecular weight excluding hydrogens is 408 g/mol. The highest BCUT2D eigenvalue weighted by Gasteiger charge is 2.23. The first kappa shape index (κ1) is 21.8. The second kappa shape index (κ2) is 9.71. The number of halogens is 1. The van der Waals surface area contributed by atoms with Crippen molar-refractivity contribution in [3.05, 3.63) is 52.5 Å². The minimum atomic E-state index is -0.600. The van der Waals surface area contributed by atoms with Gasteiger partial charge in [-0.2, -0.15) is 0 Å². The number of hydrogen-bond acceptors (Lipinski definition) is 6. The van der Waals surface area contributed by atoms with Crippen LogP contribution in [0.4, 0.5) is 5.69 Å². The molecule has 0 atom stereocenters. The maximum absolute atomic E-state index is 12.5. The van der Waals surface area contributed by atoms with E-state index in [-0.39, 0.29) is 18.1 Å². The monoisotopic (exact) mass is 432 g/mol. The Balaban J connectivity index is 1.54. The minimum absolute atomic E-state index is 0.222. The smallest absolute Gasteiger partial charge is 0.338 e. The number of carbonyl (C=O) groups is 2. The van der Waals surface area contributed by atoms with E-state index in [2.05, 4.69) is 4.90 Å². The van der Waals surface area contributed by atoms with Crippen LogP contribution in [0.1, 0.15) is 15.9 Å². The van der Waals surface area contributed by atoms with E-state index in [1.54, 1.807) is 17.0 Å². The van der Waals surface area contributed by atoms with Crippen LogP contribution in [0, 0.1) is 6.92 Å². The lowest BCUT2D eigenvalue weighted by atomic mass is 10.1. The van der Waals surface area contributed by atoms with Crippen molar-refractivity contribution in [2.24, 2.45) is 0 Å². The molecule has 30 heavy (non-hydrogen) atoms. The Kier molecular flexibility index (Phi) is 7.05. The molecule has 160 valence electrons. The van der Waals surface area contributed by atoms with Gasteiger partial charge in [-0.1, -0.05) is 17.7 Å². The molecule has 2 aromatic rings. The molecule has 1 heterocycles. The number of hydrogen-bond donors (Lipinski definition) is 0. The highest BCUT2D eigenvalue weighted by Crippen LogP contribution is 2.29. The Morgan fingerprint density at radius 3 is 2.20 bits per heavy atom. The summed E-state index contributed by atoms with van der Waals surface area (Å²) in [5, 5.41) is 0.683. The summed E-state index contributed by atoms with van der Waals surface area (Å²) >= 11 is 6.06. The van der Waals surface area contributed by atoms with Crippen molar-refractivity contribution < 1.29 is 23.8 Å². The average molecular weight is 433 g/mol. The Morgan fingerprint density at radius 1 is 1.00 bits per heavy atom. The molecule has 0 N–H and O–H groups in total. The van der Waals surface area contributed by atoms with Gasteiger partial charge in [0, 0.05) is 42.5 Å². The van der Waals surface area contributed by atoms with Crippen LogP contribution in [0.2, 0.25) is 5.02 Å². The summed E-state index contributed by atoms with van der Waals surface area (Å²) in [5.74, 6) is 0.215. The highest BCUT2D eigenvalue weighted by molar-refractivity contribution is 6.30. The SMILES string of the molecule is COc1cc(C(=O)OCC(=O)N2CCN(c3cccc(Cl)c3)CC2)cc(OC)c1C. The second-order valence-electron chi connectivity index (χ2n) is 6.93. The number of benzene rings is 2. The Labute approximate surface area is 181 Å². The molecule has 8 heteroatoms. The summed E-state index contributed by atoms with van der Waals surface area (Å²) in [6.07, 6.45) is 0. The van der Waals surface area contributed by atoms with Gasteiger partial charge in [0.2, 0.25) is 0 Å². The van der Waals surface area contributed by atoms with Crippen molar-refractivity contribution in [3.63, 3.8) is 0 Å². The predicted octanol–water partition coefficient (Wildman–Crippen LogP) is 3.17. The molecule has 1 saturated heterocycles. The summed E-state index contributed by atoms with van der Waals surface area (Å²) in [5.41, 5.74) is 2.08. The average Bonchev–Trinajstić information content (AvgIpc) is 2.77. The van der Waals surface area contributed by atoms with Crippen molar-refractivity contribution >= 4 is 29.2 Å². The third kappa shape index (κ3) is 4.97. The number of carbonyl (C=O) groups excluding carboxylic acids is 2. The molecule has 0 aromatic heterocycles. The molecule has 0 unspecified atom stereocenters. The maximum atomic E-state index is 12.5. The van der Waals surface area contributed by atoms with Gasteiger partial charge in [-0.3, -0.25) is 4.79 Å². The third-order valence-corrected chi connectivity index (χ3v) is 5.36. The van der Waals surface area contributed by atoms with E-state index >= 15 is 0 Å². The van der Waals surface area contributed by atoms with Crippen molar-refractivity contribution in [1.82, 2.24) is 4.90 Å². The largest absolute Gasteiger partial charge is 0.496 e. The molecule has 1 amide bonds. The standard InChI is InChI=1S/C22H25ClN2O5/c1-15-19(28-2)11-16(12-20(15)29-3)22(27)30-14-21(26)25-9-7-24(8-10-25)18-6-4-5-17(23)13-18/h4-6,11-13H,7-10,14H2,1-3H3. The quantitative estimate of drug-likeness (QED) is 0.653. The van der Waals surface area contributed by atoms with Gasteiger partial charge in [-0.15, -0.1) is 0 Å². The van der Waals surface area contributed by atoms with Crippen molar-refractivity contribution in [1.29, 1.82) is 0 Å². The fourth-order valence-corrected chi connectivity index (χ4v) is 3.58. The first-order valence-corrected chi connectivity index (χ1v) is 9.98. The van der Waals surface area contributed by atoms with Gasteiger partial charge in [-0.05, 0) is 37.3 Å². The van der Waals surface area contributed by atoms with Gasteiger partial charge in [0.25, 0.3) is 5.91 Å². The molecule has 2 aromatic carbocycles. The number of ether oxygens (including phenoxy) is 3. The second-order valence-corrected chi connectivity index (χ2v) is 7.37. The predicted molar refractivity (Wildman–Crippen MR) is 115 cm³/mol. The van der Waals surface area contributed by atoms with Gasteiger partial charge < -0.3 is 24.0 Å². The van der Waals surface area contributed by atoms with Crippen molar-refractivity contribution in [2.45, 2.75) is 6.92 Å². The molecular formula is C22H25ClN2O5. The van der Waals surface area contributed by atoms with E-state index in [1.165, 1.54) is 14.2 Å². The van der Waals surface area contributed by atoms with E-state index < -0.39 is 5.97 Å². The number of nitrogens with zero attached hydrogens (tertiary/aromatic N) is 2. The van der Waals surface area contributed by atoms with Crippen LogP contribution in [0.25, 0.3) is 0 Å². The number of anilines is 1. The Bertz CT molecular complexity index is 900. The molecule has 1 aliphatic rings. The molecule has 0 spiro atoms. The first-order chi connectivity index (χ1) is 14.4. The third-order valence-electron chi connectivity index (χ3n) is 5.12. The van der Waals surface area contributed by atoms with Crippen LogP contribution in [0.3, 0.4) is 0 Å². The van der Waals surface area contributed by atoms with Crippen molar-refractivity contribution in [3.8, 4) is 11.5 Å². The number of amides is 1. The van der Waals surface area contributed by atoms with Crippen LogP contribution >= 0.6 is 11.6 Å². The van der Waals surface area contributed by atoms with Crippen LogP contribution in [0.15, 0.2) is 36.4 Å². The van der Waals surface area contributed by atoms with Crippen LogP contribution < -0.4 is 14.4 Å². The minimum Gasteiger partial charge on any atom is -0.496 e. The van der Waals surface area contributed by atoms with Gasteiger partial charge in [0.15, 0.2) is 6.61 Å². The molecule has 1 aliphatic heterocycles. The molecule has 7 nitrogen and oxygen atoms in total. The van der Waals surface area contributed by atoms with Gasteiger partial charge >= 0.3 is 5.97 Å². The lowest BCUT2D eigenvalue weighted by Gasteiger charge is -2.36. The molecule has 3 rings (SSSR count). The summed E-state index contributed by atoms with van der Waals surface area (Å²) < 4.78 is 15.8. The summed E-state index contributed by atoms with van der Waals surface area (Å²) in [6, 6.07) is 10.8. The highest BCUT2D eigenvalue weighted by atomic mass is 35.5. The lowest BCUT2D eigenvalue weighted by molar-refractivity contribution is -0.134. The zero-order valence-corrected chi connectivity index (χ0v) is 18.1. The fourth-order valence-electron chi connectivity index (χ4n) is 3.39. The van der Waals surface area contributed by atoms with Crippen LogP contribution in [0.5, 0.6) is 11.5 Å². The van der Waals surface area contributed by atoms with E-state index in [9.17, 15) is 9.59 Å². The number of piperazine rings is 1. The number of methoxy groups -OCH3 is 2. The maximum Gasteiger partial charge on any atom is 0.338 e. The number of esters is 1. The zero-order chi connectivity index (χ0) is 21.7. The Morgan fingerprint density at radius 2 is 1.63 bits per heavy atom. The van der Waals surface area contributed by atoms with E-state index in [0.717, 1.165) is 11.3 Å². The number of rotatable bonds is 6. The van der Waals surface area contributed by atoms with Crippen LogP contribution in [-0.2, 0) is 9.53 Å². The van der Waals surface area contributed by atoms with E-state index in [0.29, 0.717) is 42.7 Å². The molecule has 0 aliphatic carbocycles. The topological polar surface area (TPSA) is 68.3 Å². The van der Waals surface area contributed by atoms with Gasteiger partial charge in [-0.25, -0.2) is 4.79 Å². The van der Waals surface area contributed by atoms with E-state index in [1.807, 2.05) is 31.2 Å². The summed E-state index contributed by atoms with van der Waals surface area (Å²) in [7, 11) is 3.03. The first-order valence-electron chi connectivity index (χ1n) is 9.61. The van der Waals surface area contributed by atoms with Crippen molar-refractivity contribution in [2.75, 3.05) is 51.9 Å². The molecule has 0 radical (unpaired) electrons.